The van der Waals surface area contributed by atoms with E-state index >= 15 is 0 Å². The molecule has 0 N–H and O–H groups in total. The first-order valence-corrected chi connectivity index (χ1v) is 12.4. The Morgan fingerprint density at radius 3 is 2.59 bits per heavy atom. The second-order valence-corrected chi connectivity index (χ2v) is 11.3. The fourth-order valence-electron chi connectivity index (χ4n) is 4.66. The van der Waals surface area contributed by atoms with Gasteiger partial charge in [-0.15, -0.1) is 0 Å². The van der Waals surface area contributed by atoms with Gasteiger partial charge in [0.1, 0.15) is 15.8 Å². The van der Waals surface area contributed by atoms with Crippen LogP contribution in [0.15, 0.2) is 28.0 Å². The number of amides is 1. The molecule has 2 atom stereocenters. The molecule has 0 unspecified atom stereocenters. The van der Waals surface area contributed by atoms with E-state index in [9.17, 15) is 9.59 Å². The Morgan fingerprint density at radius 1 is 1.25 bits per heavy atom. The minimum Gasteiger partial charge on any atom is -0.355 e. The van der Waals surface area contributed by atoms with Gasteiger partial charge in [-0.3, -0.25) is 18.9 Å². The number of thioether (sulfide) groups is 1. The van der Waals surface area contributed by atoms with Crippen LogP contribution in [0.2, 0.25) is 0 Å². The Balaban J connectivity index is 1.87. The molecule has 4 rings (SSSR count). The van der Waals surface area contributed by atoms with Crippen LogP contribution in [0.25, 0.3) is 11.7 Å². The maximum atomic E-state index is 13.6. The number of fused-ring (bicyclic) bond motifs is 1. The van der Waals surface area contributed by atoms with Gasteiger partial charge in [0.15, 0.2) is 0 Å². The zero-order valence-electron chi connectivity index (χ0n) is 19.3. The summed E-state index contributed by atoms with van der Waals surface area (Å²) in [6.07, 6.45) is 4.61. The van der Waals surface area contributed by atoms with Crippen LogP contribution >= 0.6 is 24.0 Å². The number of carbonyl (C=O) groups excluding carboxylic acids is 1. The van der Waals surface area contributed by atoms with E-state index in [1.54, 1.807) is 21.6 Å². The van der Waals surface area contributed by atoms with Crippen molar-refractivity contribution in [2.24, 2.45) is 17.8 Å². The van der Waals surface area contributed by atoms with Crippen LogP contribution in [-0.4, -0.2) is 44.1 Å². The van der Waals surface area contributed by atoms with Gasteiger partial charge in [0.05, 0.1) is 10.5 Å². The summed E-state index contributed by atoms with van der Waals surface area (Å²) in [6.45, 7) is 12.8. The van der Waals surface area contributed by atoms with Crippen molar-refractivity contribution in [2.75, 3.05) is 24.5 Å². The van der Waals surface area contributed by atoms with Gasteiger partial charge in [0.25, 0.3) is 11.5 Å². The van der Waals surface area contributed by atoms with Crippen LogP contribution in [0.5, 0.6) is 0 Å². The summed E-state index contributed by atoms with van der Waals surface area (Å²) in [5.41, 5.74) is 1.90. The number of hydrogen-bond acceptors (Lipinski definition) is 6. The molecular weight excluding hydrogens is 440 g/mol. The number of thiocarbonyl (C=S) groups is 1. The summed E-state index contributed by atoms with van der Waals surface area (Å²) in [6, 6.07) is 3.81. The minimum absolute atomic E-state index is 0.131. The molecule has 0 saturated carbocycles. The number of pyridine rings is 1. The first-order chi connectivity index (χ1) is 15.2. The Morgan fingerprint density at radius 2 is 1.94 bits per heavy atom. The number of aromatic nitrogens is 2. The Hall–Kier alpha value is -2.19. The number of carbonyl (C=O) groups is 1. The van der Waals surface area contributed by atoms with Crippen molar-refractivity contribution in [2.45, 2.75) is 41.0 Å². The molecule has 0 aromatic carbocycles. The average Bonchev–Trinajstić information content (AvgIpc) is 2.96. The van der Waals surface area contributed by atoms with E-state index in [0.717, 1.165) is 25.1 Å². The van der Waals surface area contributed by atoms with Gasteiger partial charge in [-0.05, 0) is 48.8 Å². The molecule has 2 aliphatic rings. The van der Waals surface area contributed by atoms with Crippen LogP contribution in [-0.2, 0) is 4.79 Å². The van der Waals surface area contributed by atoms with Gasteiger partial charge in [-0.1, -0.05) is 57.7 Å². The summed E-state index contributed by atoms with van der Waals surface area (Å²) < 4.78 is 2.12. The van der Waals surface area contributed by atoms with Crippen molar-refractivity contribution in [1.82, 2.24) is 14.3 Å². The molecule has 8 heteroatoms. The number of aryl methyl sites for hydroxylation is 1. The molecule has 6 nitrogen and oxygen atoms in total. The first-order valence-electron chi connectivity index (χ1n) is 11.2. The van der Waals surface area contributed by atoms with Crippen LogP contribution in [0, 0.1) is 24.7 Å². The molecular formula is C24H30N4O2S2. The van der Waals surface area contributed by atoms with Crippen molar-refractivity contribution in [3.8, 4) is 0 Å². The lowest BCUT2D eigenvalue weighted by Gasteiger charge is -2.36. The number of anilines is 1. The van der Waals surface area contributed by atoms with E-state index in [0.29, 0.717) is 50.6 Å². The number of piperidine rings is 1. The summed E-state index contributed by atoms with van der Waals surface area (Å²) in [5.74, 6) is 1.85. The third-order valence-electron chi connectivity index (χ3n) is 5.93. The van der Waals surface area contributed by atoms with Crippen molar-refractivity contribution < 1.29 is 4.79 Å². The fourth-order valence-corrected chi connectivity index (χ4v) is 5.91. The van der Waals surface area contributed by atoms with E-state index in [-0.39, 0.29) is 11.5 Å². The van der Waals surface area contributed by atoms with E-state index in [1.807, 2.05) is 19.1 Å². The van der Waals surface area contributed by atoms with Crippen molar-refractivity contribution in [3.05, 3.63) is 44.7 Å². The third-order valence-corrected chi connectivity index (χ3v) is 7.31. The van der Waals surface area contributed by atoms with E-state index in [1.165, 1.54) is 11.8 Å². The van der Waals surface area contributed by atoms with Gasteiger partial charge in [0, 0.05) is 25.8 Å². The second kappa shape index (κ2) is 8.98. The monoisotopic (exact) mass is 470 g/mol. The highest BCUT2D eigenvalue weighted by molar-refractivity contribution is 8.26. The summed E-state index contributed by atoms with van der Waals surface area (Å²) in [5, 5.41) is 0. The van der Waals surface area contributed by atoms with Gasteiger partial charge in [-0.25, -0.2) is 4.98 Å². The minimum atomic E-state index is -0.159. The zero-order chi connectivity index (χ0) is 23.2. The summed E-state index contributed by atoms with van der Waals surface area (Å²) in [7, 11) is 0. The fraction of sp³-hybridized carbons (Fsp3) is 0.500. The molecule has 1 amide bonds. The Bertz CT molecular complexity index is 1160. The van der Waals surface area contributed by atoms with Crippen LogP contribution < -0.4 is 10.5 Å². The van der Waals surface area contributed by atoms with Gasteiger partial charge in [-0.2, -0.15) is 0 Å². The van der Waals surface area contributed by atoms with Gasteiger partial charge in [0.2, 0.25) is 0 Å². The predicted molar refractivity (Wildman–Crippen MR) is 136 cm³/mol. The largest absolute Gasteiger partial charge is 0.355 e. The molecule has 4 heterocycles. The third kappa shape index (κ3) is 4.35. The van der Waals surface area contributed by atoms with E-state index in [2.05, 4.69) is 32.6 Å². The predicted octanol–water partition coefficient (Wildman–Crippen LogP) is 4.34. The maximum Gasteiger partial charge on any atom is 0.267 e. The Kier molecular flexibility index (Phi) is 6.45. The topological polar surface area (TPSA) is 57.9 Å². The first kappa shape index (κ1) is 23.0. The average molecular weight is 471 g/mol. The highest BCUT2D eigenvalue weighted by Gasteiger charge is 2.34. The summed E-state index contributed by atoms with van der Waals surface area (Å²) in [4.78, 5) is 36.0. The highest BCUT2D eigenvalue weighted by Crippen LogP contribution is 2.35. The lowest BCUT2D eigenvalue weighted by Crippen LogP contribution is -2.40. The molecule has 170 valence electrons. The highest BCUT2D eigenvalue weighted by atomic mass is 32.2. The number of rotatable bonds is 4. The van der Waals surface area contributed by atoms with Crippen molar-refractivity contribution in [3.63, 3.8) is 0 Å². The van der Waals surface area contributed by atoms with E-state index in [4.69, 9.17) is 17.2 Å². The maximum absolute atomic E-state index is 13.6. The molecule has 2 saturated heterocycles. The normalized spacial score (nSPS) is 23.2. The molecule has 0 spiro atoms. The SMILES string of the molecule is Cc1cccn2c(=O)c(/C=C3\SC(=S)N(CC(C)C)C3=O)c(N3C[C@H](C)C[C@@H](C)C3)nc12. The number of hydrogen-bond donors (Lipinski definition) is 0. The van der Waals surface area contributed by atoms with Gasteiger partial charge < -0.3 is 4.90 Å². The molecule has 32 heavy (non-hydrogen) atoms. The standard InChI is InChI=1S/C24H30N4O2S2/c1-14(2)11-28-23(30)19(32-24(28)31)10-18-21(26-12-15(3)9-16(4)13-26)25-20-17(5)7-6-8-27(20)22(18)29/h6-8,10,14-16H,9,11-13H2,1-5H3/b19-10-/t15-,16-/m1/s1. The molecule has 2 aromatic rings. The quantitative estimate of drug-likeness (QED) is 0.489. The number of nitrogens with zero attached hydrogens (tertiary/aromatic N) is 4. The van der Waals surface area contributed by atoms with Gasteiger partial charge >= 0.3 is 0 Å². The molecule has 0 aliphatic carbocycles. The van der Waals surface area contributed by atoms with Crippen molar-refractivity contribution >= 4 is 51.7 Å². The zero-order valence-corrected chi connectivity index (χ0v) is 20.9. The smallest absolute Gasteiger partial charge is 0.267 e. The van der Waals surface area contributed by atoms with E-state index < -0.39 is 0 Å². The molecule has 0 radical (unpaired) electrons. The van der Waals surface area contributed by atoms with Crippen LogP contribution in [0.1, 0.15) is 45.2 Å². The lowest BCUT2D eigenvalue weighted by atomic mass is 9.91. The molecule has 2 aromatic heterocycles. The van der Waals surface area contributed by atoms with Crippen LogP contribution in [0.3, 0.4) is 0 Å². The lowest BCUT2D eigenvalue weighted by molar-refractivity contribution is -0.122. The summed E-state index contributed by atoms with van der Waals surface area (Å²) >= 11 is 6.73. The Labute approximate surface area is 198 Å². The molecule has 2 aliphatic heterocycles. The second-order valence-electron chi connectivity index (χ2n) is 9.58. The van der Waals surface area contributed by atoms with Crippen molar-refractivity contribution in [1.29, 1.82) is 0 Å². The van der Waals surface area contributed by atoms with Crippen LogP contribution in [0.4, 0.5) is 5.82 Å². The molecule has 2 fully saturated rings. The molecule has 0 bridgehead atoms.